The molecule has 1 aliphatic heterocycles. The van der Waals surface area contributed by atoms with Crippen molar-refractivity contribution < 1.29 is 14.4 Å². The average molecular weight is 377 g/mol. The normalized spacial score (nSPS) is 15.0. The minimum absolute atomic E-state index is 0.102. The lowest BCUT2D eigenvalue weighted by atomic mass is 9.83. The lowest BCUT2D eigenvalue weighted by molar-refractivity contribution is -0.686. The van der Waals surface area contributed by atoms with Gasteiger partial charge >= 0.3 is 5.88 Å². The third-order valence-corrected chi connectivity index (χ3v) is 5.07. The van der Waals surface area contributed by atoms with Crippen molar-refractivity contribution in [3.8, 4) is 17.4 Å². The van der Waals surface area contributed by atoms with E-state index in [4.69, 9.17) is 10.5 Å². The molecule has 1 atom stereocenters. The van der Waals surface area contributed by atoms with Gasteiger partial charge in [-0.15, -0.1) is 0 Å². The zero-order valence-electron chi connectivity index (χ0n) is 16.2. The van der Waals surface area contributed by atoms with E-state index in [0.717, 1.165) is 36.2 Å². The quantitative estimate of drug-likeness (QED) is 0.523. The number of nitrogens with zero attached hydrogens (tertiary/aromatic N) is 3. The van der Waals surface area contributed by atoms with E-state index in [2.05, 4.69) is 36.1 Å². The fourth-order valence-corrected chi connectivity index (χ4v) is 3.71. The third kappa shape index (κ3) is 3.39. The van der Waals surface area contributed by atoms with Gasteiger partial charge in [0.25, 0.3) is 0 Å². The lowest BCUT2D eigenvalue weighted by Crippen LogP contribution is -2.40. The van der Waals surface area contributed by atoms with Gasteiger partial charge in [-0.25, -0.2) is 4.57 Å². The van der Waals surface area contributed by atoms with Gasteiger partial charge in [0.15, 0.2) is 0 Å². The first-order valence-electron chi connectivity index (χ1n) is 9.43. The van der Waals surface area contributed by atoms with E-state index in [1.54, 1.807) is 18.5 Å². The van der Waals surface area contributed by atoms with Gasteiger partial charge in [-0.1, -0.05) is 41.4 Å². The highest BCUT2D eigenvalue weighted by Crippen LogP contribution is 2.48. The van der Waals surface area contributed by atoms with Gasteiger partial charge < -0.3 is 20.5 Å². The maximum Gasteiger partial charge on any atom is 0.306 e. The number of anilines is 1. The van der Waals surface area contributed by atoms with Crippen LogP contribution in [0.1, 0.15) is 29.0 Å². The molecule has 28 heavy (non-hydrogen) atoms. The molecule has 2 aromatic carbocycles. The van der Waals surface area contributed by atoms with Gasteiger partial charge in [-0.3, -0.25) is 0 Å². The maximum absolute atomic E-state index is 9.90. The van der Waals surface area contributed by atoms with Crippen LogP contribution in [0.2, 0.25) is 0 Å². The zero-order valence-corrected chi connectivity index (χ0v) is 16.2. The summed E-state index contributed by atoms with van der Waals surface area (Å²) in [7, 11) is 4.12. The highest BCUT2D eigenvalue weighted by molar-refractivity contribution is 5.62. The molecule has 0 unspecified atom stereocenters. The number of phenolic OH excluding ortho intramolecular Hbond substituents is 1. The second-order valence-corrected chi connectivity index (χ2v) is 7.37. The summed E-state index contributed by atoms with van der Waals surface area (Å²) in [5.74, 6) is 1.83. The molecule has 6 nitrogen and oxygen atoms in total. The summed E-state index contributed by atoms with van der Waals surface area (Å²) in [5, 5.41) is 9.90. The van der Waals surface area contributed by atoms with Crippen molar-refractivity contribution in [2.45, 2.75) is 18.9 Å². The number of aryl methyl sites for hydroxylation is 1. The maximum atomic E-state index is 9.90. The number of phenols is 1. The van der Waals surface area contributed by atoms with Crippen LogP contribution in [-0.2, 0) is 6.54 Å². The number of aromatic hydroxyl groups is 1. The van der Waals surface area contributed by atoms with Gasteiger partial charge in [0.2, 0.25) is 12.1 Å². The first kappa shape index (κ1) is 18.3. The Morgan fingerprint density at radius 1 is 1.18 bits per heavy atom. The van der Waals surface area contributed by atoms with Crippen LogP contribution in [-0.4, -0.2) is 35.6 Å². The smallest absolute Gasteiger partial charge is 0.306 e. The molecule has 0 spiro atoms. The van der Waals surface area contributed by atoms with Gasteiger partial charge in [-0.2, -0.15) is 0 Å². The number of ether oxygens (including phenoxy) is 1. The predicted molar refractivity (Wildman–Crippen MR) is 108 cm³/mol. The Morgan fingerprint density at radius 3 is 2.71 bits per heavy atom. The summed E-state index contributed by atoms with van der Waals surface area (Å²) >= 11 is 0. The van der Waals surface area contributed by atoms with Crippen molar-refractivity contribution in [1.82, 2.24) is 9.88 Å². The topological polar surface area (TPSA) is 75.5 Å². The molecule has 2 heterocycles. The Balaban J connectivity index is 1.82. The van der Waals surface area contributed by atoms with E-state index in [-0.39, 0.29) is 11.7 Å². The SMILES string of the molecule is CN(C)CCC[n+]1cnc2c(c1N)[C@@H](c1ccccc1)c1ccc(O)cc1O2. The number of hydrogen-bond acceptors (Lipinski definition) is 5. The molecular weight excluding hydrogens is 352 g/mol. The molecule has 0 fully saturated rings. The molecule has 4 rings (SSSR count). The van der Waals surface area contributed by atoms with Crippen LogP contribution in [0.5, 0.6) is 17.4 Å². The molecule has 1 aliphatic rings. The van der Waals surface area contributed by atoms with Crippen LogP contribution in [0.15, 0.2) is 54.9 Å². The zero-order chi connectivity index (χ0) is 19.7. The highest BCUT2D eigenvalue weighted by atomic mass is 16.5. The summed E-state index contributed by atoms with van der Waals surface area (Å²) < 4.78 is 8.01. The second-order valence-electron chi connectivity index (χ2n) is 7.37. The predicted octanol–water partition coefficient (Wildman–Crippen LogP) is 2.89. The molecule has 3 aromatic rings. The number of rotatable bonds is 5. The van der Waals surface area contributed by atoms with Crippen LogP contribution in [0, 0.1) is 0 Å². The van der Waals surface area contributed by atoms with E-state index < -0.39 is 0 Å². The monoisotopic (exact) mass is 377 g/mol. The number of benzene rings is 2. The van der Waals surface area contributed by atoms with Crippen molar-refractivity contribution in [1.29, 1.82) is 0 Å². The molecule has 144 valence electrons. The van der Waals surface area contributed by atoms with Gasteiger partial charge in [0.05, 0.1) is 12.5 Å². The highest BCUT2D eigenvalue weighted by Gasteiger charge is 2.36. The van der Waals surface area contributed by atoms with Crippen LogP contribution >= 0.6 is 0 Å². The lowest BCUT2D eigenvalue weighted by Gasteiger charge is -2.27. The van der Waals surface area contributed by atoms with Gasteiger partial charge in [-0.05, 0) is 32.1 Å². The second kappa shape index (κ2) is 7.48. The third-order valence-electron chi connectivity index (χ3n) is 5.07. The summed E-state index contributed by atoms with van der Waals surface area (Å²) in [4.78, 5) is 6.70. The van der Waals surface area contributed by atoms with Crippen molar-refractivity contribution >= 4 is 5.82 Å². The Morgan fingerprint density at radius 2 is 1.96 bits per heavy atom. The number of fused-ring (bicyclic) bond motifs is 2. The van der Waals surface area contributed by atoms with E-state index >= 15 is 0 Å². The molecule has 0 radical (unpaired) electrons. The summed E-state index contributed by atoms with van der Waals surface area (Å²) in [6.07, 6.45) is 2.71. The van der Waals surface area contributed by atoms with Crippen molar-refractivity contribution in [2.75, 3.05) is 26.4 Å². The minimum atomic E-state index is -0.102. The molecule has 1 aromatic heterocycles. The number of nitrogens with two attached hydrogens (primary N) is 1. The molecule has 0 saturated carbocycles. The molecule has 3 N–H and O–H groups in total. The van der Waals surface area contributed by atoms with Gasteiger partial charge in [0, 0.05) is 18.2 Å². The molecule has 0 saturated heterocycles. The first-order valence-corrected chi connectivity index (χ1v) is 9.43. The molecular formula is C22H25N4O2+. The largest absolute Gasteiger partial charge is 0.508 e. The van der Waals surface area contributed by atoms with Crippen LogP contribution < -0.4 is 15.0 Å². The fourth-order valence-electron chi connectivity index (χ4n) is 3.71. The van der Waals surface area contributed by atoms with E-state index in [1.165, 1.54) is 0 Å². The Labute approximate surface area is 164 Å². The standard InChI is InChI=1S/C22H24N4O2/c1-25(2)11-6-12-26-14-24-22-20(21(26)23)19(15-7-4-3-5-8-15)17-10-9-16(27)13-18(17)28-22/h3-5,7-10,13-14,19,23,27H,6,11-12H2,1-2H3/p+1/t19-/m0/s1. The molecule has 6 heteroatoms. The van der Waals surface area contributed by atoms with Gasteiger partial charge in [0.1, 0.15) is 17.1 Å². The summed E-state index contributed by atoms with van der Waals surface area (Å²) in [6.45, 7) is 1.76. The van der Waals surface area contributed by atoms with Crippen molar-refractivity contribution in [2.24, 2.45) is 0 Å². The first-order chi connectivity index (χ1) is 13.5. The van der Waals surface area contributed by atoms with E-state index in [1.807, 2.05) is 28.8 Å². The van der Waals surface area contributed by atoms with Crippen LogP contribution in [0.4, 0.5) is 5.82 Å². The Kier molecular flexibility index (Phi) is 4.88. The Bertz CT molecular complexity index is 989. The van der Waals surface area contributed by atoms with Crippen LogP contribution in [0.3, 0.4) is 0 Å². The molecule has 0 amide bonds. The van der Waals surface area contributed by atoms with Crippen molar-refractivity contribution in [3.05, 3.63) is 71.5 Å². The van der Waals surface area contributed by atoms with E-state index in [0.29, 0.717) is 17.4 Å². The number of aromatic nitrogens is 2. The number of nitrogen functional groups attached to an aromatic ring is 1. The Hall–Kier alpha value is -3.12. The number of hydrogen-bond donors (Lipinski definition) is 2. The minimum Gasteiger partial charge on any atom is -0.508 e. The summed E-state index contributed by atoms with van der Waals surface area (Å²) in [6, 6.07) is 15.4. The van der Waals surface area contributed by atoms with E-state index in [9.17, 15) is 5.11 Å². The van der Waals surface area contributed by atoms with Crippen LogP contribution in [0.25, 0.3) is 0 Å². The molecule has 0 aliphatic carbocycles. The van der Waals surface area contributed by atoms with Crippen molar-refractivity contribution in [3.63, 3.8) is 0 Å². The average Bonchev–Trinajstić information content (AvgIpc) is 2.68. The molecule has 0 bridgehead atoms. The fraction of sp³-hybridized carbons (Fsp3) is 0.273. The summed E-state index contributed by atoms with van der Waals surface area (Å²) in [5.41, 5.74) is 9.57.